The molecule has 0 bridgehead atoms. The van der Waals surface area contributed by atoms with Crippen LogP contribution in [-0.2, 0) is 0 Å². The maximum atomic E-state index is 5.40. The van der Waals surface area contributed by atoms with E-state index in [1.807, 2.05) is 0 Å². The van der Waals surface area contributed by atoms with Crippen molar-refractivity contribution in [3.8, 4) is 5.75 Å². The van der Waals surface area contributed by atoms with Crippen molar-refractivity contribution in [2.24, 2.45) is 0 Å². The first-order valence-electron chi connectivity index (χ1n) is 6.04. The van der Waals surface area contributed by atoms with Crippen LogP contribution >= 0.6 is 0 Å². The van der Waals surface area contributed by atoms with Gasteiger partial charge in [0.25, 0.3) is 0 Å². The lowest BCUT2D eigenvalue weighted by atomic mass is 9.98. The van der Waals surface area contributed by atoms with E-state index in [9.17, 15) is 0 Å². The molecule has 1 N–H and O–H groups in total. The standard InChI is InChI=1S/C14H23NO/c1-5-8-15-10-12(3)13-9-11(2)6-7-14(13)16-4/h6-7,9,12,15H,5,8,10H2,1-4H3. The number of aryl methyl sites for hydroxylation is 1. The third kappa shape index (κ3) is 3.53. The van der Waals surface area contributed by atoms with Gasteiger partial charge in [0.2, 0.25) is 0 Å². The molecular weight excluding hydrogens is 198 g/mol. The maximum Gasteiger partial charge on any atom is 0.122 e. The Labute approximate surface area is 99.0 Å². The molecule has 0 spiro atoms. The lowest BCUT2D eigenvalue weighted by molar-refractivity contribution is 0.405. The van der Waals surface area contributed by atoms with Gasteiger partial charge < -0.3 is 10.1 Å². The summed E-state index contributed by atoms with van der Waals surface area (Å²) in [4.78, 5) is 0. The van der Waals surface area contributed by atoms with E-state index in [1.54, 1.807) is 7.11 Å². The molecule has 1 aromatic rings. The van der Waals surface area contributed by atoms with Crippen LogP contribution in [0.5, 0.6) is 5.75 Å². The quantitative estimate of drug-likeness (QED) is 0.745. The molecule has 2 heteroatoms. The smallest absolute Gasteiger partial charge is 0.122 e. The number of hydrogen-bond donors (Lipinski definition) is 1. The summed E-state index contributed by atoms with van der Waals surface area (Å²) in [6.45, 7) is 8.63. The zero-order chi connectivity index (χ0) is 12.0. The summed E-state index contributed by atoms with van der Waals surface area (Å²) in [6, 6.07) is 6.37. The molecule has 0 aliphatic heterocycles. The summed E-state index contributed by atoms with van der Waals surface area (Å²) in [5.41, 5.74) is 2.59. The number of hydrogen-bond acceptors (Lipinski definition) is 2. The predicted molar refractivity (Wildman–Crippen MR) is 69.3 cm³/mol. The zero-order valence-electron chi connectivity index (χ0n) is 10.8. The Balaban J connectivity index is 2.72. The minimum Gasteiger partial charge on any atom is -0.496 e. The van der Waals surface area contributed by atoms with Gasteiger partial charge in [0.05, 0.1) is 7.11 Å². The fourth-order valence-corrected chi connectivity index (χ4v) is 1.84. The molecule has 90 valence electrons. The van der Waals surface area contributed by atoms with E-state index in [2.05, 4.69) is 44.3 Å². The first-order valence-corrected chi connectivity index (χ1v) is 6.04. The van der Waals surface area contributed by atoms with Gasteiger partial charge in [-0.1, -0.05) is 31.5 Å². The molecule has 0 aliphatic carbocycles. The van der Waals surface area contributed by atoms with Crippen LogP contribution < -0.4 is 10.1 Å². The molecule has 0 aliphatic rings. The van der Waals surface area contributed by atoms with Crippen LogP contribution in [0, 0.1) is 6.92 Å². The third-order valence-corrected chi connectivity index (χ3v) is 2.79. The van der Waals surface area contributed by atoms with E-state index in [4.69, 9.17) is 4.74 Å². The highest BCUT2D eigenvalue weighted by Gasteiger charge is 2.10. The molecule has 0 heterocycles. The van der Waals surface area contributed by atoms with Gasteiger partial charge in [0, 0.05) is 6.54 Å². The second kappa shape index (κ2) is 6.54. The van der Waals surface area contributed by atoms with E-state index in [0.717, 1.165) is 18.8 Å². The zero-order valence-corrected chi connectivity index (χ0v) is 10.8. The molecule has 0 saturated carbocycles. The van der Waals surface area contributed by atoms with Crippen LogP contribution in [0.4, 0.5) is 0 Å². The maximum absolute atomic E-state index is 5.40. The molecule has 0 fully saturated rings. The lowest BCUT2D eigenvalue weighted by Gasteiger charge is -2.17. The molecule has 0 aromatic heterocycles. The first kappa shape index (κ1) is 13.0. The van der Waals surface area contributed by atoms with Gasteiger partial charge in [0.15, 0.2) is 0 Å². The van der Waals surface area contributed by atoms with Crippen LogP contribution in [-0.4, -0.2) is 20.2 Å². The summed E-state index contributed by atoms with van der Waals surface area (Å²) in [5, 5.41) is 3.45. The molecule has 1 rings (SSSR count). The van der Waals surface area contributed by atoms with Crippen molar-refractivity contribution in [2.75, 3.05) is 20.2 Å². The molecule has 1 unspecified atom stereocenters. The second-order valence-corrected chi connectivity index (χ2v) is 4.35. The van der Waals surface area contributed by atoms with E-state index in [0.29, 0.717) is 5.92 Å². The molecule has 0 amide bonds. The van der Waals surface area contributed by atoms with Gasteiger partial charge in [0.1, 0.15) is 5.75 Å². The predicted octanol–water partition coefficient (Wildman–Crippen LogP) is 3.11. The van der Waals surface area contributed by atoms with Gasteiger partial charge >= 0.3 is 0 Å². The Kier molecular flexibility index (Phi) is 5.33. The Hall–Kier alpha value is -1.02. The topological polar surface area (TPSA) is 21.3 Å². The molecule has 0 radical (unpaired) electrons. The van der Waals surface area contributed by atoms with Crippen molar-refractivity contribution >= 4 is 0 Å². The van der Waals surface area contributed by atoms with Crippen LogP contribution in [0.15, 0.2) is 18.2 Å². The first-order chi connectivity index (χ1) is 7.69. The second-order valence-electron chi connectivity index (χ2n) is 4.35. The Morgan fingerprint density at radius 1 is 1.38 bits per heavy atom. The number of ether oxygens (including phenoxy) is 1. The summed E-state index contributed by atoms with van der Waals surface area (Å²) in [7, 11) is 1.74. The summed E-state index contributed by atoms with van der Waals surface area (Å²) in [5.74, 6) is 1.48. The minimum atomic E-state index is 0.487. The average molecular weight is 221 g/mol. The Bertz CT molecular complexity index is 323. The highest BCUT2D eigenvalue weighted by Crippen LogP contribution is 2.27. The number of methoxy groups -OCH3 is 1. The molecule has 2 nitrogen and oxygen atoms in total. The van der Waals surface area contributed by atoms with Gasteiger partial charge in [-0.25, -0.2) is 0 Å². The number of rotatable bonds is 6. The van der Waals surface area contributed by atoms with Crippen LogP contribution in [0.3, 0.4) is 0 Å². The van der Waals surface area contributed by atoms with Gasteiger partial charge in [-0.05, 0) is 37.4 Å². The van der Waals surface area contributed by atoms with E-state index in [1.165, 1.54) is 17.5 Å². The van der Waals surface area contributed by atoms with E-state index >= 15 is 0 Å². The SMILES string of the molecule is CCCNCC(C)c1cc(C)ccc1OC. The fourth-order valence-electron chi connectivity index (χ4n) is 1.84. The van der Waals surface area contributed by atoms with Crippen molar-refractivity contribution in [2.45, 2.75) is 33.1 Å². The van der Waals surface area contributed by atoms with Crippen LogP contribution in [0.2, 0.25) is 0 Å². The van der Waals surface area contributed by atoms with Crippen LogP contribution in [0.25, 0.3) is 0 Å². The van der Waals surface area contributed by atoms with Crippen molar-refractivity contribution in [3.05, 3.63) is 29.3 Å². The van der Waals surface area contributed by atoms with Gasteiger partial charge in [-0.3, -0.25) is 0 Å². The largest absolute Gasteiger partial charge is 0.496 e. The molecule has 1 atom stereocenters. The Morgan fingerprint density at radius 2 is 2.12 bits per heavy atom. The molecular formula is C14H23NO. The lowest BCUT2D eigenvalue weighted by Crippen LogP contribution is -2.21. The van der Waals surface area contributed by atoms with E-state index < -0.39 is 0 Å². The van der Waals surface area contributed by atoms with E-state index in [-0.39, 0.29) is 0 Å². The van der Waals surface area contributed by atoms with Gasteiger partial charge in [-0.15, -0.1) is 0 Å². The normalized spacial score (nSPS) is 12.5. The van der Waals surface area contributed by atoms with Crippen molar-refractivity contribution in [3.63, 3.8) is 0 Å². The van der Waals surface area contributed by atoms with Crippen molar-refractivity contribution in [1.82, 2.24) is 5.32 Å². The highest BCUT2D eigenvalue weighted by molar-refractivity contribution is 5.39. The number of nitrogens with one attached hydrogen (secondary N) is 1. The Morgan fingerprint density at radius 3 is 2.75 bits per heavy atom. The number of benzene rings is 1. The minimum absolute atomic E-state index is 0.487. The average Bonchev–Trinajstić information content (AvgIpc) is 2.29. The molecule has 1 aromatic carbocycles. The summed E-state index contributed by atoms with van der Waals surface area (Å²) < 4.78 is 5.40. The summed E-state index contributed by atoms with van der Waals surface area (Å²) in [6.07, 6.45) is 1.18. The van der Waals surface area contributed by atoms with Crippen LogP contribution in [0.1, 0.15) is 37.3 Å². The molecule has 0 saturated heterocycles. The fraction of sp³-hybridized carbons (Fsp3) is 0.571. The molecule has 16 heavy (non-hydrogen) atoms. The van der Waals surface area contributed by atoms with Crippen molar-refractivity contribution < 1.29 is 4.74 Å². The van der Waals surface area contributed by atoms with Crippen molar-refractivity contribution in [1.29, 1.82) is 0 Å². The third-order valence-electron chi connectivity index (χ3n) is 2.79. The van der Waals surface area contributed by atoms with Gasteiger partial charge in [-0.2, -0.15) is 0 Å². The summed E-state index contributed by atoms with van der Waals surface area (Å²) >= 11 is 0. The highest BCUT2D eigenvalue weighted by atomic mass is 16.5. The monoisotopic (exact) mass is 221 g/mol.